The van der Waals surface area contributed by atoms with Gasteiger partial charge in [-0.1, -0.05) is 30.7 Å². The summed E-state index contributed by atoms with van der Waals surface area (Å²) < 4.78 is 4.96. The molecule has 17 heavy (non-hydrogen) atoms. The lowest BCUT2D eigenvalue weighted by atomic mass is 9.98. The number of primary amides is 1. The Balaban J connectivity index is 3.16. The Morgan fingerprint density at radius 1 is 1.59 bits per heavy atom. The summed E-state index contributed by atoms with van der Waals surface area (Å²) in [6, 6.07) is 5.31. The van der Waals surface area contributed by atoms with Gasteiger partial charge in [0.1, 0.15) is 0 Å². The summed E-state index contributed by atoms with van der Waals surface area (Å²) in [5.74, 6) is 0. The van der Waals surface area contributed by atoms with Crippen LogP contribution in [0.15, 0.2) is 18.2 Å². The Labute approximate surface area is 105 Å². The fourth-order valence-electron chi connectivity index (χ4n) is 1.67. The minimum atomic E-state index is -0.929. The van der Waals surface area contributed by atoms with Crippen LogP contribution in [0.2, 0.25) is 5.02 Å². The molecule has 4 nitrogen and oxygen atoms in total. The van der Waals surface area contributed by atoms with Gasteiger partial charge in [0.2, 0.25) is 0 Å². The average molecular weight is 258 g/mol. The van der Waals surface area contributed by atoms with E-state index < -0.39 is 18.3 Å². The topological polar surface area (TPSA) is 72.6 Å². The fourth-order valence-corrected chi connectivity index (χ4v) is 2.00. The molecule has 0 aromatic heterocycles. The molecule has 2 atom stereocenters. The highest BCUT2D eigenvalue weighted by Crippen LogP contribution is 2.32. The van der Waals surface area contributed by atoms with E-state index in [9.17, 15) is 9.90 Å². The first-order valence-electron chi connectivity index (χ1n) is 5.36. The second-order valence-corrected chi connectivity index (χ2v) is 4.21. The van der Waals surface area contributed by atoms with E-state index in [1.54, 1.807) is 19.1 Å². The summed E-state index contributed by atoms with van der Waals surface area (Å²) in [5, 5.41) is 10.3. The van der Waals surface area contributed by atoms with E-state index in [1.165, 1.54) is 0 Å². The van der Waals surface area contributed by atoms with Gasteiger partial charge in [-0.3, -0.25) is 0 Å². The van der Waals surface area contributed by atoms with Crippen molar-refractivity contribution in [1.29, 1.82) is 0 Å². The maximum absolute atomic E-state index is 10.9. The van der Waals surface area contributed by atoms with Crippen LogP contribution in [0.3, 0.4) is 0 Å². The van der Waals surface area contributed by atoms with Crippen LogP contribution in [0.4, 0.5) is 4.79 Å². The number of carbonyl (C=O) groups is 1. The first-order valence-corrected chi connectivity index (χ1v) is 5.74. The number of nitrogens with two attached hydrogens (primary N) is 1. The minimum absolute atomic E-state index is 0.433. The van der Waals surface area contributed by atoms with Crippen LogP contribution in [-0.2, 0) is 4.74 Å². The molecule has 1 aromatic rings. The van der Waals surface area contributed by atoms with Crippen LogP contribution < -0.4 is 5.73 Å². The standard InChI is InChI=1S/C12H16ClNO3/c1-3-9(15)11(17-12(14)16)10-7(2)5-4-6-8(10)13/h4-6,9,11,15H,3H2,1-2H3,(H2,14,16). The Morgan fingerprint density at radius 2 is 2.24 bits per heavy atom. The monoisotopic (exact) mass is 257 g/mol. The molecule has 0 aliphatic rings. The Kier molecular flexibility index (Phi) is 4.78. The molecule has 5 heteroatoms. The van der Waals surface area contributed by atoms with Gasteiger partial charge in [-0.15, -0.1) is 0 Å². The first-order chi connectivity index (χ1) is 7.97. The summed E-state index contributed by atoms with van der Waals surface area (Å²) in [7, 11) is 0. The van der Waals surface area contributed by atoms with E-state index in [-0.39, 0.29) is 0 Å². The van der Waals surface area contributed by atoms with Gasteiger partial charge in [0, 0.05) is 10.6 Å². The van der Waals surface area contributed by atoms with E-state index in [1.807, 2.05) is 13.0 Å². The fraction of sp³-hybridized carbons (Fsp3) is 0.417. The second-order valence-electron chi connectivity index (χ2n) is 3.80. The van der Waals surface area contributed by atoms with Crippen LogP contribution in [0, 0.1) is 6.92 Å². The molecule has 0 radical (unpaired) electrons. The smallest absolute Gasteiger partial charge is 0.405 e. The van der Waals surface area contributed by atoms with Crippen molar-refractivity contribution in [2.45, 2.75) is 32.5 Å². The summed E-state index contributed by atoms with van der Waals surface area (Å²) >= 11 is 6.07. The van der Waals surface area contributed by atoms with Gasteiger partial charge < -0.3 is 15.6 Å². The molecule has 1 amide bonds. The van der Waals surface area contributed by atoms with Gasteiger partial charge in [-0.2, -0.15) is 0 Å². The molecule has 1 rings (SSSR count). The summed E-state index contributed by atoms with van der Waals surface area (Å²) in [6.07, 6.45) is -2.16. The lowest BCUT2D eigenvalue weighted by Crippen LogP contribution is -2.27. The first kappa shape index (κ1) is 13.8. The lowest BCUT2D eigenvalue weighted by Gasteiger charge is -2.24. The van der Waals surface area contributed by atoms with Gasteiger partial charge in [0.05, 0.1) is 6.10 Å². The normalized spacial score (nSPS) is 14.1. The quantitative estimate of drug-likeness (QED) is 0.871. The van der Waals surface area contributed by atoms with Crippen LogP contribution >= 0.6 is 11.6 Å². The molecule has 0 heterocycles. The van der Waals surface area contributed by atoms with Gasteiger partial charge >= 0.3 is 6.09 Å². The van der Waals surface area contributed by atoms with Gasteiger partial charge in [0.25, 0.3) is 0 Å². The molecule has 0 saturated heterocycles. The molecule has 3 N–H and O–H groups in total. The van der Waals surface area contributed by atoms with Crippen molar-refractivity contribution in [2.24, 2.45) is 5.73 Å². The zero-order valence-electron chi connectivity index (χ0n) is 9.81. The zero-order valence-corrected chi connectivity index (χ0v) is 10.6. The van der Waals surface area contributed by atoms with E-state index in [0.29, 0.717) is 17.0 Å². The minimum Gasteiger partial charge on any atom is -0.439 e. The second kappa shape index (κ2) is 5.89. The van der Waals surface area contributed by atoms with E-state index in [0.717, 1.165) is 5.56 Å². The number of amides is 1. The number of hydrogen-bond donors (Lipinski definition) is 2. The number of rotatable bonds is 4. The van der Waals surface area contributed by atoms with Crippen molar-refractivity contribution in [3.63, 3.8) is 0 Å². The van der Waals surface area contributed by atoms with Crippen molar-refractivity contribution in [1.82, 2.24) is 0 Å². The molecule has 0 aliphatic carbocycles. The zero-order chi connectivity index (χ0) is 13.0. The van der Waals surface area contributed by atoms with Gasteiger partial charge in [-0.25, -0.2) is 4.79 Å². The highest BCUT2D eigenvalue weighted by atomic mass is 35.5. The molecule has 0 fully saturated rings. The van der Waals surface area contributed by atoms with E-state index in [2.05, 4.69) is 0 Å². The predicted octanol–water partition coefficient (Wildman–Crippen LogP) is 2.56. The molecular formula is C12H16ClNO3. The summed E-state index contributed by atoms with van der Waals surface area (Å²) in [4.78, 5) is 10.9. The molecular weight excluding hydrogens is 242 g/mol. The van der Waals surface area contributed by atoms with E-state index in [4.69, 9.17) is 22.1 Å². The molecule has 0 bridgehead atoms. The maximum atomic E-state index is 10.9. The number of halogens is 1. The highest BCUT2D eigenvalue weighted by molar-refractivity contribution is 6.31. The van der Waals surface area contributed by atoms with Crippen LogP contribution in [-0.4, -0.2) is 17.3 Å². The van der Waals surface area contributed by atoms with Crippen LogP contribution in [0.1, 0.15) is 30.6 Å². The van der Waals surface area contributed by atoms with Gasteiger partial charge in [0.15, 0.2) is 6.10 Å². The highest BCUT2D eigenvalue weighted by Gasteiger charge is 2.26. The Hall–Kier alpha value is -1.26. The number of hydrogen-bond acceptors (Lipinski definition) is 3. The number of aliphatic hydroxyl groups excluding tert-OH is 1. The summed E-state index contributed by atoms with van der Waals surface area (Å²) in [5.41, 5.74) is 6.45. The number of aliphatic hydroxyl groups is 1. The predicted molar refractivity (Wildman–Crippen MR) is 65.9 cm³/mol. The largest absolute Gasteiger partial charge is 0.439 e. The van der Waals surface area contributed by atoms with Crippen molar-refractivity contribution in [3.05, 3.63) is 34.3 Å². The third-order valence-electron chi connectivity index (χ3n) is 2.57. The third-order valence-corrected chi connectivity index (χ3v) is 2.90. The Bertz CT molecular complexity index is 388. The number of aryl methyl sites for hydroxylation is 1. The molecule has 94 valence electrons. The number of ether oxygens (including phenoxy) is 1. The van der Waals surface area contributed by atoms with Gasteiger partial charge in [-0.05, 0) is 25.0 Å². The van der Waals surface area contributed by atoms with Crippen LogP contribution in [0.25, 0.3) is 0 Å². The molecule has 0 spiro atoms. The molecule has 1 aromatic carbocycles. The summed E-state index contributed by atoms with van der Waals surface area (Å²) in [6.45, 7) is 3.62. The lowest BCUT2D eigenvalue weighted by molar-refractivity contribution is 0.00310. The SMILES string of the molecule is CCC(O)C(OC(N)=O)c1c(C)cccc1Cl. The average Bonchev–Trinajstić information content (AvgIpc) is 2.26. The molecule has 2 unspecified atom stereocenters. The molecule has 0 aliphatic heterocycles. The third kappa shape index (κ3) is 3.35. The maximum Gasteiger partial charge on any atom is 0.405 e. The Morgan fingerprint density at radius 3 is 2.71 bits per heavy atom. The van der Waals surface area contributed by atoms with E-state index >= 15 is 0 Å². The number of carbonyl (C=O) groups excluding carboxylic acids is 1. The van der Waals surface area contributed by atoms with Crippen molar-refractivity contribution in [3.8, 4) is 0 Å². The van der Waals surface area contributed by atoms with Crippen molar-refractivity contribution >= 4 is 17.7 Å². The number of benzene rings is 1. The van der Waals surface area contributed by atoms with Crippen molar-refractivity contribution in [2.75, 3.05) is 0 Å². The molecule has 0 saturated carbocycles. The van der Waals surface area contributed by atoms with Crippen molar-refractivity contribution < 1.29 is 14.6 Å². The van der Waals surface area contributed by atoms with Crippen LogP contribution in [0.5, 0.6) is 0 Å².